The van der Waals surface area contributed by atoms with Crippen LogP contribution in [0, 0.1) is 0 Å². The Labute approximate surface area is 131 Å². The van der Waals surface area contributed by atoms with Gasteiger partial charge in [-0.1, -0.05) is 0 Å². The molecule has 0 saturated heterocycles. The molecule has 0 N–H and O–H groups in total. The van der Waals surface area contributed by atoms with E-state index in [1.807, 2.05) is 58.2 Å². The molecule has 0 bridgehead atoms. The van der Waals surface area contributed by atoms with E-state index in [0.717, 1.165) is 37.1 Å². The van der Waals surface area contributed by atoms with Gasteiger partial charge in [-0.05, 0) is 26.0 Å². The molecule has 2 aromatic rings. The number of pyridine rings is 2. The lowest BCUT2D eigenvalue weighted by Crippen LogP contribution is -2.36. The number of aryl methyl sites for hydroxylation is 2. The molecule has 2 aromatic heterocycles. The smallest absolute Gasteiger partial charge is 0.179 e. The first kappa shape index (κ1) is 16.0. The number of carbonyl (C=O) groups is 2. The Balaban J connectivity index is 1.84. The third kappa shape index (κ3) is 4.58. The molecule has 22 heavy (non-hydrogen) atoms. The van der Waals surface area contributed by atoms with Crippen molar-refractivity contribution in [3.05, 3.63) is 60.2 Å². The summed E-state index contributed by atoms with van der Waals surface area (Å²) in [5.74, 6) is 0.178. The van der Waals surface area contributed by atoms with Gasteiger partial charge in [-0.3, -0.25) is 9.59 Å². The fraction of sp³-hybridized carbons (Fsp3) is 0.333. The van der Waals surface area contributed by atoms with Crippen LogP contribution in [0.4, 0.5) is 0 Å². The normalized spacial score (nSPS) is 10.5. The number of hydrogen-bond acceptors (Lipinski definition) is 2. The minimum Gasteiger partial charge on any atom is -0.294 e. The summed E-state index contributed by atoms with van der Waals surface area (Å²) < 4.78 is 4.10. The third-order valence-electron chi connectivity index (χ3n) is 3.61. The molecule has 0 aromatic carbocycles. The van der Waals surface area contributed by atoms with Gasteiger partial charge >= 0.3 is 0 Å². The number of Topliss-reactive ketones (excluding diaryl/α,β-unsaturated/α-hetero) is 2. The molecule has 2 heterocycles. The molecule has 0 spiro atoms. The van der Waals surface area contributed by atoms with Crippen molar-refractivity contribution in [2.75, 3.05) is 0 Å². The number of hydrogen-bond donors (Lipinski definition) is 0. The summed E-state index contributed by atoms with van der Waals surface area (Å²) in [7, 11) is 0. The van der Waals surface area contributed by atoms with Gasteiger partial charge in [0.1, 0.15) is 13.1 Å². The highest BCUT2D eigenvalue weighted by Crippen LogP contribution is 1.98. The third-order valence-corrected chi connectivity index (χ3v) is 3.61. The Bertz CT molecular complexity index is 621. The molecular formula is C18H22N2O2+2. The van der Waals surface area contributed by atoms with Gasteiger partial charge in [0.2, 0.25) is 0 Å². The van der Waals surface area contributed by atoms with Crippen LogP contribution in [-0.2, 0) is 13.1 Å². The highest BCUT2D eigenvalue weighted by Gasteiger charge is 2.08. The quantitative estimate of drug-likeness (QED) is 0.446. The molecule has 4 nitrogen and oxygen atoms in total. The molecule has 0 saturated carbocycles. The summed E-state index contributed by atoms with van der Waals surface area (Å²) in [5.41, 5.74) is 1.48. The highest BCUT2D eigenvalue weighted by atomic mass is 16.1. The molecule has 0 atom stereocenters. The first-order valence-electron chi connectivity index (χ1n) is 7.56. The van der Waals surface area contributed by atoms with E-state index in [9.17, 15) is 9.59 Å². The van der Waals surface area contributed by atoms with Crippen LogP contribution in [-0.4, -0.2) is 11.6 Å². The van der Waals surface area contributed by atoms with E-state index in [1.165, 1.54) is 0 Å². The molecule has 114 valence electrons. The standard InChI is InChI=1S/C18H22N2O2/c1-15(21)17-7-5-11-19(13-17)9-3-4-10-20-12-6-8-18(14-20)16(2)22/h5-8,11-14H,3-4,9-10H2,1-2H3/q+2. The van der Waals surface area contributed by atoms with Crippen molar-refractivity contribution in [1.29, 1.82) is 0 Å². The van der Waals surface area contributed by atoms with Crippen LogP contribution in [0.1, 0.15) is 47.4 Å². The first-order chi connectivity index (χ1) is 10.6. The molecule has 0 amide bonds. The van der Waals surface area contributed by atoms with Crippen molar-refractivity contribution < 1.29 is 18.7 Å². The van der Waals surface area contributed by atoms with Gasteiger partial charge in [-0.2, -0.15) is 0 Å². The van der Waals surface area contributed by atoms with Gasteiger partial charge < -0.3 is 0 Å². The number of carbonyl (C=O) groups excluding carboxylic acids is 2. The average molecular weight is 298 g/mol. The van der Waals surface area contributed by atoms with Crippen molar-refractivity contribution in [1.82, 2.24) is 0 Å². The second-order valence-corrected chi connectivity index (χ2v) is 5.48. The predicted octanol–water partition coefficient (Wildman–Crippen LogP) is 2.15. The minimum atomic E-state index is 0.0888. The van der Waals surface area contributed by atoms with Crippen molar-refractivity contribution in [3.63, 3.8) is 0 Å². The Hall–Kier alpha value is -2.36. The molecule has 2 rings (SSSR count). The topological polar surface area (TPSA) is 41.9 Å². The molecule has 0 fully saturated rings. The Kier molecular flexibility index (Phi) is 5.53. The number of nitrogens with zero attached hydrogens (tertiary/aromatic N) is 2. The van der Waals surface area contributed by atoms with E-state index >= 15 is 0 Å². The number of aromatic nitrogens is 2. The summed E-state index contributed by atoms with van der Waals surface area (Å²) in [6, 6.07) is 7.48. The lowest BCUT2D eigenvalue weighted by Gasteiger charge is -2.00. The molecule has 0 aliphatic carbocycles. The van der Waals surface area contributed by atoms with Gasteiger partial charge in [0, 0.05) is 25.0 Å². The van der Waals surface area contributed by atoms with Crippen LogP contribution in [0.3, 0.4) is 0 Å². The Morgan fingerprint density at radius 2 is 1.23 bits per heavy atom. The van der Waals surface area contributed by atoms with E-state index in [2.05, 4.69) is 0 Å². The maximum absolute atomic E-state index is 11.4. The predicted molar refractivity (Wildman–Crippen MR) is 82.5 cm³/mol. The van der Waals surface area contributed by atoms with Gasteiger partial charge in [-0.15, -0.1) is 0 Å². The first-order valence-corrected chi connectivity index (χ1v) is 7.56. The van der Waals surface area contributed by atoms with Crippen LogP contribution >= 0.6 is 0 Å². The summed E-state index contributed by atoms with van der Waals surface area (Å²) >= 11 is 0. The van der Waals surface area contributed by atoms with E-state index in [-0.39, 0.29) is 11.6 Å². The number of unbranched alkanes of at least 4 members (excludes halogenated alkanes) is 1. The van der Waals surface area contributed by atoms with E-state index in [0.29, 0.717) is 0 Å². The van der Waals surface area contributed by atoms with E-state index < -0.39 is 0 Å². The molecule has 0 radical (unpaired) electrons. The summed E-state index contributed by atoms with van der Waals surface area (Å²) in [4.78, 5) is 22.7. The van der Waals surface area contributed by atoms with Crippen LogP contribution < -0.4 is 9.13 Å². The lowest BCUT2D eigenvalue weighted by molar-refractivity contribution is -0.708. The van der Waals surface area contributed by atoms with Crippen LogP contribution in [0.15, 0.2) is 49.1 Å². The lowest BCUT2D eigenvalue weighted by atomic mass is 10.2. The van der Waals surface area contributed by atoms with Gasteiger partial charge in [0.15, 0.2) is 36.4 Å². The van der Waals surface area contributed by atoms with Crippen molar-refractivity contribution in [2.45, 2.75) is 39.8 Å². The van der Waals surface area contributed by atoms with E-state index in [4.69, 9.17) is 0 Å². The second kappa shape index (κ2) is 7.59. The van der Waals surface area contributed by atoms with Crippen molar-refractivity contribution in [2.24, 2.45) is 0 Å². The number of rotatable bonds is 7. The summed E-state index contributed by atoms with van der Waals surface area (Å²) in [6.45, 7) is 4.93. The fourth-order valence-corrected chi connectivity index (χ4v) is 2.33. The Morgan fingerprint density at radius 1 is 0.818 bits per heavy atom. The van der Waals surface area contributed by atoms with Gasteiger partial charge in [0.05, 0.1) is 11.1 Å². The monoisotopic (exact) mass is 298 g/mol. The molecule has 0 unspecified atom stereocenters. The van der Waals surface area contributed by atoms with Crippen LogP contribution in [0.25, 0.3) is 0 Å². The average Bonchev–Trinajstić information content (AvgIpc) is 2.52. The molecular weight excluding hydrogens is 276 g/mol. The zero-order valence-corrected chi connectivity index (χ0v) is 13.2. The highest BCUT2D eigenvalue weighted by molar-refractivity contribution is 5.93. The van der Waals surface area contributed by atoms with Gasteiger partial charge in [0.25, 0.3) is 0 Å². The van der Waals surface area contributed by atoms with E-state index in [1.54, 1.807) is 13.8 Å². The summed E-state index contributed by atoms with van der Waals surface area (Å²) in [5, 5.41) is 0. The molecule has 0 aliphatic heterocycles. The van der Waals surface area contributed by atoms with Crippen molar-refractivity contribution >= 4 is 11.6 Å². The molecule has 4 heteroatoms. The van der Waals surface area contributed by atoms with Crippen LogP contribution in [0.2, 0.25) is 0 Å². The largest absolute Gasteiger partial charge is 0.294 e. The molecule has 0 aliphatic rings. The SMILES string of the molecule is CC(=O)c1ccc[n+](CCCC[n+]2cccc(C(C)=O)c2)c1. The minimum absolute atomic E-state index is 0.0888. The second-order valence-electron chi connectivity index (χ2n) is 5.48. The summed E-state index contributed by atoms with van der Waals surface area (Å²) in [6.07, 6.45) is 9.79. The zero-order valence-electron chi connectivity index (χ0n) is 13.2. The fourth-order valence-electron chi connectivity index (χ4n) is 2.33. The maximum Gasteiger partial charge on any atom is 0.179 e. The maximum atomic E-state index is 11.4. The zero-order chi connectivity index (χ0) is 15.9. The van der Waals surface area contributed by atoms with Crippen LogP contribution in [0.5, 0.6) is 0 Å². The number of ketones is 2. The Morgan fingerprint density at radius 3 is 1.59 bits per heavy atom. The van der Waals surface area contributed by atoms with Gasteiger partial charge in [-0.25, -0.2) is 9.13 Å². The van der Waals surface area contributed by atoms with Crippen molar-refractivity contribution in [3.8, 4) is 0 Å².